The molecule has 40 heavy (non-hydrogen) atoms. The molecule has 222 valence electrons. The summed E-state index contributed by atoms with van der Waals surface area (Å²) in [6.07, 6.45) is -1.66. The molecule has 0 aliphatic rings. The first-order valence-corrected chi connectivity index (χ1v) is 13.1. The molecule has 14 nitrogen and oxygen atoms in total. The molecule has 0 saturated carbocycles. The second-order valence-electron chi connectivity index (χ2n) is 9.17. The molecule has 9 N–H and O–H groups in total. The van der Waals surface area contributed by atoms with Crippen molar-refractivity contribution in [2.24, 2.45) is 11.7 Å². The Morgan fingerprint density at radius 1 is 0.875 bits per heavy atom. The zero-order chi connectivity index (χ0) is 30.4. The van der Waals surface area contributed by atoms with Crippen LogP contribution in [0.5, 0.6) is 0 Å². The molecule has 15 heteroatoms. The highest BCUT2D eigenvalue weighted by molar-refractivity contribution is 7.80. The number of rotatable bonds is 17. The fourth-order valence-corrected chi connectivity index (χ4v) is 3.77. The normalized spacial score (nSPS) is 15.3. The third-order valence-electron chi connectivity index (χ3n) is 5.84. The van der Waals surface area contributed by atoms with Gasteiger partial charge in [-0.3, -0.25) is 28.8 Å². The molecule has 0 bridgehead atoms. The highest BCUT2D eigenvalue weighted by Gasteiger charge is 2.33. The average Bonchev–Trinajstić information content (AvgIpc) is 2.90. The lowest BCUT2D eigenvalue weighted by atomic mass is 9.99. The summed E-state index contributed by atoms with van der Waals surface area (Å²) in [6, 6.07) is 3.23. The van der Waals surface area contributed by atoms with Gasteiger partial charge in [0.05, 0.1) is 18.6 Å². The zero-order valence-electron chi connectivity index (χ0n) is 22.2. The van der Waals surface area contributed by atoms with Crippen LogP contribution in [0.3, 0.4) is 0 Å². The van der Waals surface area contributed by atoms with Crippen molar-refractivity contribution in [3.8, 4) is 0 Å². The van der Waals surface area contributed by atoms with Gasteiger partial charge in [0, 0.05) is 12.2 Å². The number of carbonyl (C=O) groups is 6. The maximum Gasteiger partial charge on any atom is 0.325 e. The van der Waals surface area contributed by atoms with Gasteiger partial charge in [-0.15, -0.1) is 0 Å². The van der Waals surface area contributed by atoms with Crippen LogP contribution in [0, 0.1) is 5.92 Å². The summed E-state index contributed by atoms with van der Waals surface area (Å²) in [4.78, 5) is 73.5. The quantitative estimate of drug-likeness (QED) is 0.0877. The maximum absolute atomic E-state index is 13.1. The smallest absolute Gasteiger partial charge is 0.325 e. The van der Waals surface area contributed by atoms with Gasteiger partial charge in [-0.2, -0.15) is 12.6 Å². The number of amides is 5. The third kappa shape index (κ3) is 11.6. The second-order valence-corrected chi connectivity index (χ2v) is 9.54. The highest BCUT2D eigenvalue weighted by atomic mass is 32.1. The number of nitrogens with two attached hydrogens (primary N) is 1. The maximum atomic E-state index is 13.1. The fourth-order valence-electron chi connectivity index (χ4n) is 3.47. The Morgan fingerprint density at radius 2 is 1.45 bits per heavy atom. The number of carbonyl (C=O) groups excluding carboxylic acids is 5. The molecule has 0 unspecified atom stereocenters. The van der Waals surface area contributed by atoms with E-state index >= 15 is 0 Å². The molecule has 0 aliphatic heterocycles. The number of aliphatic carboxylic acids is 1. The van der Waals surface area contributed by atoms with Crippen LogP contribution < -0.4 is 27.0 Å². The minimum atomic E-state index is -1.65. The predicted octanol–water partition coefficient (Wildman–Crippen LogP) is -2.54. The zero-order valence-corrected chi connectivity index (χ0v) is 23.1. The lowest BCUT2D eigenvalue weighted by Gasteiger charge is -2.27. The lowest BCUT2D eigenvalue weighted by Crippen LogP contribution is -2.61. The number of carboxylic acid groups (broad SMARTS) is 1. The molecule has 0 aromatic heterocycles. The van der Waals surface area contributed by atoms with Gasteiger partial charge < -0.3 is 42.3 Å². The predicted molar refractivity (Wildman–Crippen MR) is 146 cm³/mol. The first-order valence-electron chi connectivity index (χ1n) is 12.5. The van der Waals surface area contributed by atoms with Crippen LogP contribution in [0.2, 0.25) is 0 Å². The summed E-state index contributed by atoms with van der Waals surface area (Å²) < 4.78 is 0. The Bertz CT molecular complexity index is 1040. The number of carboxylic acids is 1. The van der Waals surface area contributed by atoms with Gasteiger partial charge in [0.1, 0.15) is 24.2 Å². The van der Waals surface area contributed by atoms with Crippen LogP contribution in [-0.4, -0.2) is 93.5 Å². The number of benzene rings is 1. The Morgan fingerprint density at radius 3 is 1.95 bits per heavy atom. The summed E-state index contributed by atoms with van der Waals surface area (Å²) in [5.74, 6) is -6.11. The summed E-state index contributed by atoms with van der Waals surface area (Å²) in [7, 11) is 0. The van der Waals surface area contributed by atoms with E-state index in [9.17, 15) is 39.0 Å². The second kappa shape index (κ2) is 17.1. The van der Waals surface area contributed by atoms with Crippen molar-refractivity contribution in [2.75, 3.05) is 12.4 Å². The average molecular weight is 584 g/mol. The topological polar surface area (TPSA) is 237 Å². The van der Waals surface area contributed by atoms with Gasteiger partial charge in [-0.25, -0.2) is 0 Å². The van der Waals surface area contributed by atoms with Crippen LogP contribution in [0.25, 0.3) is 0 Å². The first-order chi connectivity index (χ1) is 18.8. The summed E-state index contributed by atoms with van der Waals surface area (Å²) in [5.41, 5.74) is 6.07. The van der Waals surface area contributed by atoms with Crippen LogP contribution in [-0.2, 0) is 35.2 Å². The molecule has 0 saturated heterocycles. The molecular weight excluding hydrogens is 546 g/mol. The van der Waals surface area contributed by atoms with E-state index in [1.54, 1.807) is 0 Å². The fraction of sp³-hybridized carbons (Fsp3) is 0.520. The summed E-state index contributed by atoms with van der Waals surface area (Å²) in [6.45, 7) is 1.45. The van der Waals surface area contributed by atoms with Gasteiger partial charge in [-0.1, -0.05) is 30.3 Å². The number of thiol groups is 1. The number of primary amides is 1. The molecule has 0 fully saturated rings. The van der Waals surface area contributed by atoms with E-state index in [2.05, 4.69) is 33.9 Å². The number of hydrogen-bond donors (Lipinski definition) is 9. The lowest BCUT2D eigenvalue weighted by molar-refractivity contribution is -0.142. The molecule has 6 atom stereocenters. The van der Waals surface area contributed by atoms with E-state index in [4.69, 9.17) is 10.8 Å². The minimum absolute atomic E-state index is 0.148. The SMILES string of the molecule is C[C@H](NC(=O)[C@H](CO)NC(=O)[C@@H](NC(=O)[C@H](CCC(N)=O)NC(=O)[C@H](CS)Cc1ccccc1)[C@@H](C)O)C(=O)O. The largest absolute Gasteiger partial charge is 0.480 e. The van der Waals surface area contributed by atoms with Crippen molar-refractivity contribution < 1.29 is 44.1 Å². The van der Waals surface area contributed by atoms with Gasteiger partial charge in [0.25, 0.3) is 0 Å². The van der Waals surface area contributed by atoms with E-state index in [1.807, 2.05) is 30.3 Å². The van der Waals surface area contributed by atoms with E-state index in [0.717, 1.165) is 5.56 Å². The number of aliphatic hydroxyl groups excluding tert-OH is 2. The first kappa shape index (κ1) is 34.3. The van der Waals surface area contributed by atoms with Crippen molar-refractivity contribution in [2.45, 2.75) is 63.4 Å². The Kier molecular flexibility index (Phi) is 14.7. The standard InChI is InChI=1S/C25H37N5O9S/c1-13(25(38)39)27-23(36)18(11-31)29-24(37)20(14(2)32)30-22(35)17(8-9-19(26)33)28-21(34)16(12-40)10-15-6-4-3-5-7-15/h3-7,13-14,16-18,20,31-32,40H,8-12H2,1-2H3,(H2,26,33)(H,27,36)(H,28,34)(H,29,37)(H,30,35)(H,38,39)/t13-,14+,16-,17-,18-,20-/m0/s1. The van der Waals surface area contributed by atoms with Crippen LogP contribution >= 0.6 is 12.6 Å². The summed E-state index contributed by atoms with van der Waals surface area (Å²) in [5, 5.41) is 37.7. The number of hydrogen-bond acceptors (Lipinski definition) is 9. The molecule has 1 aromatic carbocycles. The van der Waals surface area contributed by atoms with Gasteiger partial charge >= 0.3 is 5.97 Å². The number of aliphatic hydroxyl groups is 2. The van der Waals surface area contributed by atoms with Crippen molar-refractivity contribution in [1.29, 1.82) is 0 Å². The van der Waals surface area contributed by atoms with Crippen molar-refractivity contribution in [3.63, 3.8) is 0 Å². The van der Waals surface area contributed by atoms with E-state index in [-0.39, 0.29) is 18.6 Å². The molecule has 0 spiro atoms. The molecule has 0 aliphatic carbocycles. The van der Waals surface area contributed by atoms with E-state index in [0.29, 0.717) is 6.42 Å². The van der Waals surface area contributed by atoms with Gasteiger partial charge in [0.15, 0.2) is 0 Å². The highest BCUT2D eigenvalue weighted by Crippen LogP contribution is 2.12. The molecule has 5 amide bonds. The van der Waals surface area contributed by atoms with E-state index in [1.165, 1.54) is 13.8 Å². The van der Waals surface area contributed by atoms with Crippen molar-refractivity contribution in [1.82, 2.24) is 21.3 Å². The third-order valence-corrected chi connectivity index (χ3v) is 6.28. The molecule has 1 rings (SSSR count). The molecule has 1 aromatic rings. The van der Waals surface area contributed by atoms with Gasteiger partial charge in [-0.05, 0) is 32.3 Å². The van der Waals surface area contributed by atoms with Crippen LogP contribution in [0.4, 0.5) is 0 Å². The van der Waals surface area contributed by atoms with Crippen molar-refractivity contribution in [3.05, 3.63) is 35.9 Å². The monoisotopic (exact) mass is 583 g/mol. The molecule has 0 radical (unpaired) electrons. The van der Waals surface area contributed by atoms with Crippen LogP contribution in [0.15, 0.2) is 30.3 Å². The van der Waals surface area contributed by atoms with Crippen LogP contribution in [0.1, 0.15) is 32.3 Å². The number of nitrogens with one attached hydrogen (secondary N) is 4. The Hall–Kier alpha value is -3.69. The van der Waals surface area contributed by atoms with E-state index < -0.39 is 78.3 Å². The Labute approximate surface area is 236 Å². The Balaban J connectivity index is 3.01. The minimum Gasteiger partial charge on any atom is -0.480 e. The van der Waals surface area contributed by atoms with Gasteiger partial charge in [0.2, 0.25) is 29.5 Å². The summed E-state index contributed by atoms with van der Waals surface area (Å²) >= 11 is 4.24. The molecular formula is C25H37N5O9S. The molecule has 0 heterocycles. The van der Waals surface area contributed by atoms with Crippen molar-refractivity contribution >= 4 is 48.1 Å².